The fourth-order valence-corrected chi connectivity index (χ4v) is 7.97. The number of thioether (sulfide) groups is 1. The highest BCUT2D eigenvalue weighted by atomic mass is 127. The number of halogens is 1. The normalized spacial score (nSPS) is 15.7. The number of aryl methyl sites for hydroxylation is 1. The molecule has 1 aliphatic rings. The number of hydrogen-bond acceptors (Lipinski definition) is 8. The molecule has 1 fully saturated rings. The highest BCUT2D eigenvalue weighted by Crippen LogP contribution is 2.44. The van der Waals surface area contributed by atoms with Crippen molar-refractivity contribution in [1.29, 1.82) is 0 Å². The van der Waals surface area contributed by atoms with Crippen molar-refractivity contribution in [3.8, 4) is 5.75 Å². The summed E-state index contributed by atoms with van der Waals surface area (Å²) in [7, 11) is 0. The summed E-state index contributed by atoms with van der Waals surface area (Å²) in [5.74, 6) is -0.527. The van der Waals surface area contributed by atoms with E-state index in [0.717, 1.165) is 14.7 Å². The number of aromatic nitrogens is 2. The van der Waals surface area contributed by atoms with Crippen molar-refractivity contribution >= 4 is 79.0 Å². The van der Waals surface area contributed by atoms with Gasteiger partial charge in [0.25, 0.3) is 5.78 Å². The van der Waals surface area contributed by atoms with Gasteiger partial charge in [-0.2, -0.15) is 0 Å². The van der Waals surface area contributed by atoms with E-state index in [4.69, 9.17) is 4.74 Å². The van der Waals surface area contributed by atoms with Gasteiger partial charge >= 0.3 is 5.91 Å². The van der Waals surface area contributed by atoms with E-state index in [1.165, 1.54) is 44.3 Å². The minimum absolute atomic E-state index is 0.00482. The maximum absolute atomic E-state index is 13.7. The van der Waals surface area contributed by atoms with Crippen LogP contribution >= 0.6 is 45.7 Å². The Bertz CT molecular complexity index is 2180. The van der Waals surface area contributed by atoms with E-state index in [1.807, 2.05) is 67.6 Å². The van der Waals surface area contributed by atoms with Gasteiger partial charge in [0.05, 0.1) is 11.6 Å². The van der Waals surface area contributed by atoms with Crippen LogP contribution < -0.4 is 9.64 Å². The molecule has 48 heavy (non-hydrogen) atoms. The van der Waals surface area contributed by atoms with Crippen LogP contribution in [0.15, 0.2) is 125 Å². The number of fused-ring (bicyclic) bond motifs is 1. The zero-order valence-corrected chi connectivity index (χ0v) is 29.5. The van der Waals surface area contributed by atoms with Crippen LogP contribution in [0.4, 0.5) is 5.13 Å². The van der Waals surface area contributed by atoms with Crippen LogP contribution in [-0.2, 0) is 21.9 Å². The Morgan fingerprint density at radius 2 is 1.67 bits per heavy atom. The Balaban J connectivity index is 1.17. The zero-order valence-electron chi connectivity index (χ0n) is 25.7. The lowest BCUT2D eigenvalue weighted by Gasteiger charge is -2.22. The number of amides is 1. The molecule has 6 aromatic rings. The number of rotatable bonds is 9. The third kappa shape index (κ3) is 6.60. The molecule has 1 atom stereocenters. The Morgan fingerprint density at radius 3 is 2.46 bits per heavy atom. The lowest BCUT2D eigenvalue weighted by atomic mass is 9.95. The molecule has 0 aliphatic carbocycles. The summed E-state index contributed by atoms with van der Waals surface area (Å²) in [5, 5.41) is 23.0. The Kier molecular flexibility index (Phi) is 9.29. The number of hydrogen-bond donors (Lipinski definition) is 1. The molecule has 2 heterocycles. The van der Waals surface area contributed by atoms with Gasteiger partial charge in [-0.1, -0.05) is 108 Å². The van der Waals surface area contributed by atoms with Crippen molar-refractivity contribution in [2.75, 3.05) is 4.90 Å². The molecule has 5 aromatic carbocycles. The fraction of sp³-hybridized carbons (Fsp3) is 0.105. The predicted octanol–water partition coefficient (Wildman–Crippen LogP) is 9.10. The lowest BCUT2D eigenvalue weighted by Crippen LogP contribution is -2.29. The number of carbonyl (C=O) groups is 2. The number of benzene rings is 5. The summed E-state index contributed by atoms with van der Waals surface area (Å²) in [6, 6.07) is 36.0. The molecule has 10 heteroatoms. The highest BCUT2D eigenvalue weighted by Gasteiger charge is 2.48. The average molecular weight is 782 g/mol. The predicted molar refractivity (Wildman–Crippen MR) is 199 cm³/mol. The second-order valence-electron chi connectivity index (χ2n) is 11.3. The summed E-state index contributed by atoms with van der Waals surface area (Å²) in [5.41, 5.74) is 4.44. The Hall–Kier alpha value is -4.52. The third-order valence-electron chi connectivity index (χ3n) is 8.08. The van der Waals surface area contributed by atoms with Crippen molar-refractivity contribution < 1.29 is 19.4 Å². The van der Waals surface area contributed by atoms with Crippen LogP contribution in [0.1, 0.15) is 33.9 Å². The summed E-state index contributed by atoms with van der Waals surface area (Å²) in [6.07, 6.45) is 0. The van der Waals surface area contributed by atoms with Gasteiger partial charge in [-0.05, 0) is 93.4 Å². The molecule has 1 saturated heterocycles. The van der Waals surface area contributed by atoms with Crippen molar-refractivity contribution in [2.45, 2.75) is 29.7 Å². The number of anilines is 1. The first-order chi connectivity index (χ1) is 23.4. The van der Waals surface area contributed by atoms with Crippen molar-refractivity contribution in [1.82, 2.24) is 10.2 Å². The molecule has 1 aromatic heterocycles. The number of Topliss-reactive ketones (excluding diaryl/α,β-unsaturated/α-hetero) is 1. The minimum Gasteiger partial charge on any atom is -0.507 e. The van der Waals surface area contributed by atoms with Crippen LogP contribution in [0.5, 0.6) is 5.75 Å². The number of carbonyl (C=O) groups excluding carboxylic acids is 2. The molecule has 1 N–H and O–H groups in total. The van der Waals surface area contributed by atoms with Crippen molar-refractivity contribution in [2.24, 2.45) is 0 Å². The average Bonchev–Trinajstić information content (AvgIpc) is 3.68. The van der Waals surface area contributed by atoms with E-state index in [9.17, 15) is 14.7 Å². The standard InChI is InChI=1S/C38H28IN3O4S2/c1-23-6-4-7-24(20-23)21-46-30-18-14-27(15-19-30)34(43)32-33(26-12-16-29(39)17-13-26)42(36(45)35(32)44)37-40-41-38(48-37)47-22-28-10-5-9-25-8-2-3-11-31(25)28/h2-20,33,43H,21-22H2,1H3. The van der Waals surface area contributed by atoms with E-state index in [2.05, 4.69) is 63.1 Å². The van der Waals surface area contributed by atoms with E-state index in [1.54, 1.807) is 24.3 Å². The van der Waals surface area contributed by atoms with Crippen molar-refractivity contribution in [3.63, 3.8) is 0 Å². The molecule has 7 rings (SSSR count). The summed E-state index contributed by atoms with van der Waals surface area (Å²) in [4.78, 5) is 28.7. The molecule has 0 radical (unpaired) electrons. The van der Waals surface area contributed by atoms with E-state index >= 15 is 0 Å². The SMILES string of the molecule is Cc1cccc(COc2ccc(C(O)=C3C(=O)C(=O)N(c4nnc(SCc5cccc6ccccc56)s4)C3c3ccc(I)cc3)cc2)c1. The molecule has 1 unspecified atom stereocenters. The third-order valence-corrected chi connectivity index (χ3v) is 10.9. The van der Waals surface area contributed by atoms with Crippen LogP contribution in [0.2, 0.25) is 0 Å². The fourth-order valence-electron chi connectivity index (χ4n) is 5.74. The second kappa shape index (κ2) is 13.9. The number of aliphatic hydroxyl groups excluding tert-OH is 1. The summed E-state index contributed by atoms with van der Waals surface area (Å²) < 4.78 is 7.62. The number of ether oxygens (including phenoxy) is 1. The van der Waals surface area contributed by atoms with E-state index < -0.39 is 17.7 Å². The number of aliphatic hydroxyl groups is 1. The molecule has 1 amide bonds. The number of nitrogens with zero attached hydrogens (tertiary/aromatic N) is 3. The summed E-state index contributed by atoms with van der Waals surface area (Å²) in [6.45, 7) is 2.43. The monoisotopic (exact) mass is 781 g/mol. The van der Waals surface area contributed by atoms with Crippen LogP contribution in [-0.4, -0.2) is 27.0 Å². The smallest absolute Gasteiger partial charge is 0.301 e. The maximum Gasteiger partial charge on any atom is 0.301 e. The molecule has 7 nitrogen and oxygen atoms in total. The first-order valence-corrected chi connectivity index (χ1v) is 18.0. The molecule has 0 saturated carbocycles. The zero-order chi connectivity index (χ0) is 33.2. The Morgan fingerprint density at radius 1 is 0.917 bits per heavy atom. The Labute approximate surface area is 299 Å². The maximum atomic E-state index is 13.7. The van der Waals surface area contributed by atoms with Crippen LogP contribution in [0, 0.1) is 10.5 Å². The molecule has 238 valence electrons. The van der Waals surface area contributed by atoms with Gasteiger partial charge < -0.3 is 9.84 Å². The highest BCUT2D eigenvalue weighted by molar-refractivity contribution is 14.1. The van der Waals surface area contributed by atoms with Gasteiger partial charge in [-0.3, -0.25) is 14.5 Å². The van der Waals surface area contributed by atoms with Crippen LogP contribution in [0.25, 0.3) is 16.5 Å². The van der Waals surface area contributed by atoms with Crippen LogP contribution in [0.3, 0.4) is 0 Å². The molecule has 0 bridgehead atoms. The lowest BCUT2D eigenvalue weighted by molar-refractivity contribution is -0.132. The second-order valence-corrected chi connectivity index (χ2v) is 14.7. The van der Waals surface area contributed by atoms with Gasteiger partial charge in [0.15, 0.2) is 4.34 Å². The largest absolute Gasteiger partial charge is 0.507 e. The van der Waals surface area contributed by atoms with Gasteiger partial charge in [0, 0.05) is 14.9 Å². The van der Waals surface area contributed by atoms with E-state index in [0.29, 0.717) is 38.7 Å². The molecular formula is C38H28IN3O4S2. The van der Waals surface area contributed by atoms with Gasteiger partial charge in [0.2, 0.25) is 5.13 Å². The first kappa shape index (κ1) is 32.0. The first-order valence-electron chi connectivity index (χ1n) is 15.1. The molecular weight excluding hydrogens is 753 g/mol. The van der Waals surface area contributed by atoms with Gasteiger partial charge in [-0.25, -0.2) is 0 Å². The minimum atomic E-state index is -0.886. The van der Waals surface area contributed by atoms with Gasteiger partial charge in [0.1, 0.15) is 18.1 Å². The molecule has 1 aliphatic heterocycles. The van der Waals surface area contributed by atoms with E-state index in [-0.39, 0.29) is 11.3 Å². The summed E-state index contributed by atoms with van der Waals surface area (Å²) >= 11 is 4.98. The molecule has 0 spiro atoms. The van der Waals surface area contributed by atoms with Gasteiger partial charge in [-0.15, -0.1) is 10.2 Å². The quantitative estimate of drug-likeness (QED) is 0.0391. The topological polar surface area (TPSA) is 92.6 Å². The number of ketones is 1. The van der Waals surface area contributed by atoms with Crippen molar-refractivity contribution in [3.05, 3.63) is 152 Å².